The lowest BCUT2D eigenvalue weighted by Gasteiger charge is -2.02. The van der Waals surface area contributed by atoms with Gasteiger partial charge in [0.05, 0.1) is 0 Å². The van der Waals surface area contributed by atoms with E-state index in [0.717, 1.165) is 13.1 Å². The van der Waals surface area contributed by atoms with Crippen LogP contribution in [0.2, 0.25) is 0 Å². The van der Waals surface area contributed by atoms with Crippen LogP contribution in [0.25, 0.3) is 0 Å². The summed E-state index contributed by atoms with van der Waals surface area (Å²) in [5.41, 5.74) is 0. The van der Waals surface area contributed by atoms with Crippen LogP contribution in [0.5, 0.6) is 0 Å². The zero-order valence-corrected chi connectivity index (χ0v) is 5.35. The molecule has 0 spiro atoms. The maximum absolute atomic E-state index is 5.04. The van der Waals surface area contributed by atoms with Gasteiger partial charge in [-0.25, -0.2) is 0 Å². The lowest BCUT2D eigenvalue weighted by Crippen LogP contribution is -2.36. The van der Waals surface area contributed by atoms with E-state index in [1.165, 1.54) is 12.8 Å². The Bertz CT molecular complexity index is 99.5. The van der Waals surface area contributed by atoms with Gasteiger partial charge in [0, 0.05) is 13.1 Å². The summed E-state index contributed by atoms with van der Waals surface area (Å²) in [4.78, 5) is 0. The van der Waals surface area contributed by atoms with Crippen LogP contribution in [0.3, 0.4) is 0 Å². The Hall–Kier alpha value is -0.930. The highest BCUT2D eigenvalue weighted by atomic mass is 15.3. The number of hydrogen-bond donors (Lipinski definition) is 3. The maximum Gasteiger partial charge on any atom is 0.213 e. The molecule has 4 heteroatoms. The van der Waals surface area contributed by atoms with Crippen LogP contribution in [0.15, 0.2) is 5.10 Å². The average Bonchev–Trinajstić information content (AvgIpc) is 2.13. The van der Waals surface area contributed by atoms with Crippen LogP contribution in [-0.2, 0) is 0 Å². The molecule has 0 bridgehead atoms. The molecule has 0 aromatic carbocycles. The molecule has 4 nitrogen and oxygen atoms in total. The van der Waals surface area contributed by atoms with Gasteiger partial charge in [-0.15, -0.1) is 5.10 Å². The zero-order valence-electron chi connectivity index (χ0n) is 5.35. The normalized spacial score (nSPS) is 19.3. The molecule has 0 saturated carbocycles. The van der Waals surface area contributed by atoms with E-state index in [9.17, 15) is 0 Å². The van der Waals surface area contributed by atoms with E-state index in [1.807, 2.05) is 0 Å². The third-order valence-electron chi connectivity index (χ3n) is 1.32. The fourth-order valence-corrected chi connectivity index (χ4v) is 0.817. The third kappa shape index (κ3) is 1.79. The Labute approximate surface area is 54.5 Å². The first-order valence-electron chi connectivity index (χ1n) is 3.19. The second kappa shape index (κ2) is 3.17. The van der Waals surface area contributed by atoms with E-state index in [0.29, 0.717) is 5.96 Å². The van der Waals surface area contributed by atoms with Crippen molar-refractivity contribution in [3.8, 4) is 0 Å². The molecule has 1 saturated heterocycles. The Kier molecular flexibility index (Phi) is 2.18. The fourth-order valence-electron chi connectivity index (χ4n) is 0.817. The van der Waals surface area contributed by atoms with Gasteiger partial charge >= 0.3 is 0 Å². The number of rotatable bonds is 0. The van der Waals surface area contributed by atoms with E-state index in [1.54, 1.807) is 0 Å². The van der Waals surface area contributed by atoms with Crippen molar-refractivity contribution in [2.45, 2.75) is 12.8 Å². The van der Waals surface area contributed by atoms with Gasteiger partial charge in [-0.2, -0.15) is 0 Å². The predicted molar refractivity (Wildman–Crippen MR) is 36.9 cm³/mol. The van der Waals surface area contributed by atoms with E-state index < -0.39 is 0 Å². The molecule has 0 amide bonds. The maximum atomic E-state index is 5.04. The third-order valence-corrected chi connectivity index (χ3v) is 1.32. The molecule has 0 aromatic rings. The minimum absolute atomic E-state index is 0.715. The van der Waals surface area contributed by atoms with E-state index in [4.69, 9.17) is 5.84 Å². The molecule has 1 aliphatic rings. The second-order valence-corrected chi connectivity index (χ2v) is 2.04. The molecule has 9 heavy (non-hydrogen) atoms. The van der Waals surface area contributed by atoms with E-state index >= 15 is 0 Å². The summed E-state index contributed by atoms with van der Waals surface area (Å²) in [7, 11) is 0. The predicted octanol–water partition coefficient (Wildman–Crippen LogP) is -0.811. The summed E-state index contributed by atoms with van der Waals surface area (Å²) in [5, 5.41) is 9.59. The van der Waals surface area contributed by atoms with Gasteiger partial charge in [0.2, 0.25) is 5.96 Å². The van der Waals surface area contributed by atoms with Crippen molar-refractivity contribution in [2.24, 2.45) is 10.9 Å². The van der Waals surface area contributed by atoms with Crippen LogP contribution in [-0.4, -0.2) is 19.0 Å². The van der Waals surface area contributed by atoms with Crippen molar-refractivity contribution in [1.29, 1.82) is 0 Å². The molecule has 4 N–H and O–H groups in total. The minimum atomic E-state index is 0.715. The standard InChI is InChI=1S/C5H12N4/c6-9-5-7-3-1-2-4-8-5/h1-4,6H2,(H2,7,8,9). The zero-order chi connectivity index (χ0) is 6.53. The molecule has 0 aliphatic carbocycles. The monoisotopic (exact) mass is 128 g/mol. The molecular formula is C5H12N4. The van der Waals surface area contributed by atoms with Crippen molar-refractivity contribution in [1.82, 2.24) is 10.6 Å². The van der Waals surface area contributed by atoms with Crippen LogP contribution >= 0.6 is 0 Å². The molecule has 1 heterocycles. The minimum Gasteiger partial charge on any atom is -0.355 e. The summed E-state index contributed by atoms with van der Waals surface area (Å²) in [5.74, 6) is 5.75. The Morgan fingerprint density at radius 3 is 2.22 bits per heavy atom. The van der Waals surface area contributed by atoms with Gasteiger partial charge in [-0.3, -0.25) is 0 Å². The van der Waals surface area contributed by atoms with E-state index in [-0.39, 0.29) is 0 Å². The van der Waals surface area contributed by atoms with Crippen molar-refractivity contribution in [2.75, 3.05) is 13.1 Å². The van der Waals surface area contributed by atoms with Crippen LogP contribution in [0.4, 0.5) is 0 Å². The van der Waals surface area contributed by atoms with E-state index in [2.05, 4.69) is 15.7 Å². The lowest BCUT2D eigenvalue weighted by molar-refractivity contribution is 0.742. The fraction of sp³-hybridized carbons (Fsp3) is 0.800. The first-order chi connectivity index (χ1) is 4.43. The number of nitrogens with zero attached hydrogens (tertiary/aromatic N) is 1. The molecule has 1 aliphatic heterocycles. The molecule has 1 rings (SSSR count). The summed E-state index contributed by atoms with van der Waals surface area (Å²) < 4.78 is 0. The van der Waals surface area contributed by atoms with Crippen molar-refractivity contribution in [3.05, 3.63) is 0 Å². The molecule has 1 fully saturated rings. The summed E-state index contributed by atoms with van der Waals surface area (Å²) in [6.07, 6.45) is 2.37. The highest BCUT2D eigenvalue weighted by Gasteiger charge is 2.00. The topological polar surface area (TPSA) is 62.4 Å². The van der Waals surface area contributed by atoms with Crippen LogP contribution < -0.4 is 16.5 Å². The Morgan fingerprint density at radius 1 is 1.22 bits per heavy atom. The lowest BCUT2D eigenvalue weighted by atomic mass is 10.3. The van der Waals surface area contributed by atoms with Gasteiger partial charge in [-0.05, 0) is 12.8 Å². The van der Waals surface area contributed by atoms with Crippen molar-refractivity contribution < 1.29 is 0 Å². The van der Waals surface area contributed by atoms with Gasteiger partial charge in [0.25, 0.3) is 0 Å². The smallest absolute Gasteiger partial charge is 0.213 e. The summed E-state index contributed by atoms with van der Waals surface area (Å²) in [6.45, 7) is 1.95. The number of hydrazone groups is 1. The summed E-state index contributed by atoms with van der Waals surface area (Å²) >= 11 is 0. The van der Waals surface area contributed by atoms with Gasteiger partial charge < -0.3 is 16.5 Å². The van der Waals surface area contributed by atoms with Gasteiger partial charge in [0.1, 0.15) is 0 Å². The number of nitrogens with one attached hydrogen (secondary N) is 2. The first kappa shape index (κ1) is 6.19. The SMILES string of the molecule is NN=C1NCCCCN1. The average molecular weight is 128 g/mol. The first-order valence-corrected chi connectivity index (χ1v) is 3.19. The Morgan fingerprint density at radius 2 is 1.78 bits per heavy atom. The molecule has 0 aromatic heterocycles. The highest BCUT2D eigenvalue weighted by molar-refractivity contribution is 5.79. The number of hydrogen-bond acceptors (Lipinski definition) is 2. The quantitative estimate of drug-likeness (QED) is 0.295. The largest absolute Gasteiger partial charge is 0.355 e. The molecular weight excluding hydrogens is 116 g/mol. The van der Waals surface area contributed by atoms with Crippen molar-refractivity contribution >= 4 is 5.96 Å². The number of guanidine groups is 1. The van der Waals surface area contributed by atoms with Gasteiger partial charge in [0.15, 0.2) is 0 Å². The number of nitrogens with two attached hydrogens (primary N) is 1. The molecule has 52 valence electrons. The van der Waals surface area contributed by atoms with Crippen LogP contribution in [0.1, 0.15) is 12.8 Å². The summed E-state index contributed by atoms with van der Waals surface area (Å²) in [6, 6.07) is 0. The van der Waals surface area contributed by atoms with Crippen LogP contribution in [0, 0.1) is 0 Å². The second-order valence-electron chi connectivity index (χ2n) is 2.04. The molecule has 0 atom stereocenters. The van der Waals surface area contributed by atoms with Crippen molar-refractivity contribution in [3.63, 3.8) is 0 Å². The molecule has 0 radical (unpaired) electrons. The molecule has 0 unspecified atom stereocenters. The highest BCUT2D eigenvalue weighted by Crippen LogP contribution is 1.87. The Balaban J connectivity index is 2.36. The van der Waals surface area contributed by atoms with Gasteiger partial charge in [-0.1, -0.05) is 0 Å².